The van der Waals surface area contributed by atoms with Gasteiger partial charge in [0.2, 0.25) is 11.8 Å². The van der Waals surface area contributed by atoms with Crippen LogP contribution >= 0.6 is 0 Å². The molecule has 55 heavy (non-hydrogen) atoms. The number of pyridine rings is 1. The van der Waals surface area contributed by atoms with Crippen LogP contribution < -0.4 is 32.0 Å². The summed E-state index contributed by atoms with van der Waals surface area (Å²) in [5, 5.41) is 13.8. The smallest absolute Gasteiger partial charge is 0.408 e. The van der Waals surface area contributed by atoms with Crippen LogP contribution in [0.1, 0.15) is 57.2 Å². The molecule has 0 saturated heterocycles. The molecule has 1 aromatic heterocycles. The second kappa shape index (κ2) is 20.3. The molecule has 0 aliphatic heterocycles. The summed E-state index contributed by atoms with van der Waals surface area (Å²) < 4.78 is 27.3. The van der Waals surface area contributed by atoms with Gasteiger partial charge in [0.1, 0.15) is 25.1 Å². The van der Waals surface area contributed by atoms with E-state index in [9.17, 15) is 28.4 Å². The van der Waals surface area contributed by atoms with Crippen molar-refractivity contribution in [3.8, 4) is 0 Å². The summed E-state index contributed by atoms with van der Waals surface area (Å²) in [7, 11) is 0. The first-order valence-corrected chi connectivity index (χ1v) is 18.2. The monoisotopic (exact) mass is 756 g/mol. The maximum Gasteiger partial charge on any atom is 0.408 e. The summed E-state index contributed by atoms with van der Waals surface area (Å²) in [6.45, 7) is 12.0. The molecular weight excluding hydrogens is 707 g/mol. The molecule has 5 N–H and O–H groups in total. The molecule has 14 heteroatoms. The molecule has 0 radical (unpaired) electrons. The molecule has 0 spiro atoms. The number of hydrogen-bond acceptors (Lipinski definition) is 8. The molecule has 4 amide bonds. The molecule has 0 aliphatic rings. The van der Waals surface area contributed by atoms with Gasteiger partial charge in [-0.25, -0.2) is 14.0 Å². The van der Waals surface area contributed by atoms with Crippen LogP contribution in [-0.4, -0.2) is 54.2 Å². The zero-order valence-electron chi connectivity index (χ0n) is 31.6. The second-order valence-electron chi connectivity index (χ2n) is 12.9. The van der Waals surface area contributed by atoms with E-state index in [-0.39, 0.29) is 55.3 Å². The molecule has 0 bridgehead atoms. The Bertz CT molecular complexity index is 2030. The number of nitrogens with zero attached hydrogens (tertiary/aromatic N) is 1. The third-order valence-electron chi connectivity index (χ3n) is 9.00. The number of aromatic nitrogens is 1. The van der Waals surface area contributed by atoms with Gasteiger partial charge in [-0.3, -0.25) is 14.4 Å². The van der Waals surface area contributed by atoms with Crippen molar-refractivity contribution in [1.29, 1.82) is 0 Å². The van der Waals surface area contributed by atoms with Crippen LogP contribution in [0.2, 0.25) is 0 Å². The minimum Gasteiger partial charge on any atom is -0.445 e. The zero-order valence-corrected chi connectivity index (χ0v) is 31.6. The molecule has 1 atom stereocenters. The van der Waals surface area contributed by atoms with Crippen molar-refractivity contribution in [2.24, 2.45) is 5.92 Å². The molecule has 0 saturated carbocycles. The lowest BCUT2D eigenvalue weighted by molar-refractivity contribution is -0.126. The lowest BCUT2D eigenvalue weighted by Crippen LogP contribution is -2.52. The Hall–Kier alpha value is -6.18. The summed E-state index contributed by atoms with van der Waals surface area (Å²) in [5.74, 6) is -1.72. The first kappa shape index (κ1) is 41.6. The summed E-state index contributed by atoms with van der Waals surface area (Å²) in [4.78, 5) is 63.4. The standard InChI is InChI=1S/C41H49FN6O7/c1-6-29(7-2)37(47-41(53)55-24-27-12-10-9-11-13-27)39(51)45-22-36(49)46-30-16-14-28(15-17-30)25-54-40(52)44-19-18-43-34-21-35-31(20-33(34)42)38(50)32(26(4)5)23-48(35)8-3/h9-17,20-21,23,29,37,43H,4,6-8,18-19,22,24-25H2,1-3,5H3,(H,44,52)(H,45,51)(H,46,49)(H,47,53)/t37-/m0/s1. The fourth-order valence-corrected chi connectivity index (χ4v) is 5.89. The normalized spacial score (nSPS) is 11.4. The molecule has 3 aromatic carbocycles. The predicted molar refractivity (Wildman–Crippen MR) is 211 cm³/mol. The number of ether oxygens (including phenoxy) is 2. The van der Waals surface area contributed by atoms with Gasteiger partial charge in [0.05, 0.1) is 17.7 Å². The lowest BCUT2D eigenvalue weighted by atomic mass is 9.93. The predicted octanol–water partition coefficient (Wildman–Crippen LogP) is 6.32. The van der Waals surface area contributed by atoms with Gasteiger partial charge in [0.15, 0.2) is 5.43 Å². The Labute approximate surface area is 319 Å². The highest BCUT2D eigenvalue weighted by Gasteiger charge is 2.28. The number of carbonyl (C=O) groups excluding carboxylic acids is 4. The zero-order chi connectivity index (χ0) is 39.9. The Morgan fingerprint density at radius 3 is 2.15 bits per heavy atom. The number of amides is 4. The summed E-state index contributed by atoms with van der Waals surface area (Å²) in [5.41, 5.74) is 3.48. The summed E-state index contributed by atoms with van der Waals surface area (Å²) >= 11 is 0. The molecule has 0 fully saturated rings. The van der Waals surface area contributed by atoms with Crippen molar-refractivity contribution < 1.29 is 33.0 Å². The molecule has 13 nitrogen and oxygen atoms in total. The molecule has 4 rings (SSSR count). The van der Waals surface area contributed by atoms with Crippen LogP contribution in [0.25, 0.3) is 16.5 Å². The van der Waals surface area contributed by atoms with Crippen molar-refractivity contribution in [3.63, 3.8) is 0 Å². The number of carbonyl (C=O) groups is 4. The fourth-order valence-electron chi connectivity index (χ4n) is 5.89. The van der Waals surface area contributed by atoms with Crippen molar-refractivity contribution in [3.05, 3.63) is 112 Å². The number of alkyl carbamates (subject to hydrolysis) is 2. The van der Waals surface area contributed by atoms with Crippen molar-refractivity contribution >= 4 is 51.9 Å². The van der Waals surface area contributed by atoms with Crippen molar-refractivity contribution in [1.82, 2.24) is 20.5 Å². The van der Waals surface area contributed by atoms with Gasteiger partial charge in [0, 0.05) is 42.5 Å². The van der Waals surface area contributed by atoms with E-state index < -0.39 is 35.9 Å². The van der Waals surface area contributed by atoms with Gasteiger partial charge in [-0.1, -0.05) is 75.7 Å². The highest BCUT2D eigenvalue weighted by molar-refractivity contribution is 5.96. The van der Waals surface area contributed by atoms with Gasteiger partial charge in [-0.05, 0) is 60.7 Å². The highest BCUT2D eigenvalue weighted by Crippen LogP contribution is 2.23. The Morgan fingerprint density at radius 1 is 0.855 bits per heavy atom. The number of halogens is 1. The number of fused-ring (bicyclic) bond motifs is 1. The van der Waals surface area contributed by atoms with Crippen LogP contribution in [0.5, 0.6) is 0 Å². The van der Waals surface area contributed by atoms with E-state index in [4.69, 9.17) is 9.47 Å². The van der Waals surface area contributed by atoms with Gasteiger partial charge in [-0.2, -0.15) is 0 Å². The van der Waals surface area contributed by atoms with Crippen molar-refractivity contribution in [2.75, 3.05) is 30.3 Å². The molecule has 292 valence electrons. The molecular formula is C41H49FN6O7. The summed E-state index contributed by atoms with van der Waals surface area (Å²) in [6.07, 6.45) is 1.58. The van der Waals surface area contributed by atoms with E-state index in [1.54, 1.807) is 43.5 Å². The van der Waals surface area contributed by atoms with Crippen LogP contribution in [0.15, 0.2) is 84.3 Å². The van der Waals surface area contributed by atoms with Gasteiger partial charge in [-0.15, -0.1) is 0 Å². The molecule has 4 aromatic rings. The molecule has 0 unspecified atom stereocenters. The Kier molecular flexibility index (Phi) is 15.4. The third-order valence-corrected chi connectivity index (χ3v) is 9.00. The second-order valence-corrected chi connectivity index (χ2v) is 12.9. The average Bonchev–Trinajstić information content (AvgIpc) is 3.18. The largest absolute Gasteiger partial charge is 0.445 e. The number of rotatable bonds is 18. The van der Waals surface area contributed by atoms with Gasteiger partial charge in [0.25, 0.3) is 0 Å². The topological polar surface area (TPSA) is 169 Å². The Morgan fingerprint density at radius 2 is 1.51 bits per heavy atom. The minimum absolute atomic E-state index is 0.0399. The van der Waals surface area contributed by atoms with Gasteiger partial charge < -0.3 is 40.6 Å². The van der Waals surface area contributed by atoms with E-state index >= 15 is 0 Å². The van der Waals surface area contributed by atoms with Crippen LogP contribution in [0.4, 0.5) is 25.4 Å². The van der Waals surface area contributed by atoms with Crippen LogP contribution in [-0.2, 0) is 38.8 Å². The van der Waals surface area contributed by atoms with Gasteiger partial charge >= 0.3 is 12.2 Å². The first-order chi connectivity index (χ1) is 26.4. The number of hydrogen-bond donors (Lipinski definition) is 5. The third kappa shape index (κ3) is 11.9. The van der Waals surface area contributed by atoms with E-state index in [0.717, 1.165) is 5.56 Å². The first-order valence-electron chi connectivity index (χ1n) is 18.2. The van der Waals surface area contributed by atoms with E-state index in [0.29, 0.717) is 47.3 Å². The lowest BCUT2D eigenvalue weighted by Gasteiger charge is -2.25. The number of aryl methyl sites for hydroxylation is 1. The molecule has 0 aliphatic carbocycles. The van der Waals surface area contributed by atoms with Crippen molar-refractivity contribution in [2.45, 2.75) is 66.3 Å². The SMILES string of the molecule is C=C(C)c1cn(CC)c2cc(NCCNC(=O)OCc3ccc(NC(=O)CNC(=O)[C@@H](NC(=O)OCc4ccccc4)C(CC)CC)cc3)c(F)cc2c1=O. The van der Waals surface area contributed by atoms with E-state index in [1.165, 1.54) is 6.07 Å². The minimum atomic E-state index is -0.884. The molecule has 1 heterocycles. The Balaban J connectivity index is 1.19. The van der Waals surface area contributed by atoms with Crippen LogP contribution in [0, 0.1) is 11.7 Å². The number of nitrogens with one attached hydrogen (secondary N) is 5. The average molecular weight is 757 g/mol. The van der Waals surface area contributed by atoms with E-state index in [2.05, 4.69) is 33.2 Å². The van der Waals surface area contributed by atoms with E-state index in [1.807, 2.05) is 55.7 Å². The fraction of sp³-hybridized carbons (Fsp3) is 0.341. The van der Waals surface area contributed by atoms with Crippen LogP contribution in [0.3, 0.4) is 0 Å². The summed E-state index contributed by atoms with van der Waals surface area (Å²) in [6, 6.07) is 17.7. The quantitative estimate of drug-likeness (QED) is 0.0736. The maximum absolute atomic E-state index is 14.9. The number of allylic oxidation sites excluding steroid dienone is 1. The maximum atomic E-state index is 14.9. The number of benzene rings is 3. The number of anilines is 2. The highest BCUT2D eigenvalue weighted by atomic mass is 19.1.